The molecule has 0 spiro atoms. The van der Waals surface area contributed by atoms with Crippen molar-refractivity contribution in [2.24, 2.45) is 0 Å². The quantitative estimate of drug-likeness (QED) is 0.789. The Labute approximate surface area is 156 Å². The van der Waals surface area contributed by atoms with Gasteiger partial charge in [0.25, 0.3) is 0 Å². The zero-order valence-electron chi connectivity index (χ0n) is 14.9. The Bertz CT molecular complexity index is 954. The molecular formula is C22H19NO4. The fraction of sp³-hybridized carbons (Fsp3) is 0.318. The van der Waals surface area contributed by atoms with E-state index < -0.39 is 5.92 Å². The van der Waals surface area contributed by atoms with Crippen LogP contribution in [0.25, 0.3) is 11.3 Å². The van der Waals surface area contributed by atoms with Gasteiger partial charge < -0.3 is 9.26 Å². The van der Waals surface area contributed by atoms with Gasteiger partial charge in [0.1, 0.15) is 23.0 Å². The molecule has 0 bridgehead atoms. The molecule has 1 aliphatic heterocycles. The van der Waals surface area contributed by atoms with Crippen LogP contribution in [0.3, 0.4) is 0 Å². The van der Waals surface area contributed by atoms with E-state index in [1.54, 1.807) is 0 Å². The predicted molar refractivity (Wildman–Crippen MR) is 97.5 cm³/mol. The molecule has 27 heavy (non-hydrogen) atoms. The third kappa shape index (κ3) is 2.65. The Morgan fingerprint density at radius 3 is 2.11 bits per heavy atom. The normalized spacial score (nSPS) is 20.4. The van der Waals surface area contributed by atoms with Gasteiger partial charge in [0, 0.05) is 48.5 Å². The second-order valence-corrected chi connectivity index (χ2v) is 7.24. The number of rotatable bonds is 2. The molecule has 5 heteroatoms. The smallest absolute Gasteiger partial charge is 0.163 e. The Kier molecular flexibility index (Phi) is 3.81. The topological polar surface area (TPSA) is 69.4 Å². The summed E-state index contributed by atoms with van der Waals surface area (Å²) in [5.41, 5.74) is 2.82. The number of ketones is 2. The molecule has 5 nitrogen and oxygen atoms in total. The van der Waals surface area contributed by atoms with E-state index in [0.717, 1.165) is 31.2 Å². The van der Waals surface area contributed by atoms with Crippen LogP contribution in [0.4, 0.5) is 0 Å². The Morgan fingerprint density at radius 1 is 0.852 bits per heavy atom. The van der Waals surface area contributed by atoms with E-state index in [9.17, 15) is 9.59 Å². The largest absolute Gasteiger partial charge is 0.465 e. The van der Waals surface area contributed by atoms with Crippen molar-refractivity contribution in [2.75, 3.05) is 0 Å². The third-order valence-corrected chi connectivity index (χ3v) is 5.52. The zero-order valence-corrected chi connectivity index (χ0v) is 14.9. The first-order valence-electron chi connectivity index (χ1n) is 9.45. The molecule has 0 amide bonds. The average molecular weight is 361 g/mol. The van der Waals surface area contributed by atoms with Crippen molar-refractivity contribution in [3.05, 3.63) is 64.8 Å². The van der Waals surface area contributed by atoms with Gasteiger partial charge in [0.15, 0.2) is 11.6 Å². The van der Waals surface area contributed by atoms with Gasteiger partial charge in [0.05, 0.1) is 5.92 Å². The van der Waals surface area contributed by atoms with E-state index in [-0.39, 0.29) is 11.6 Å². The minimum absolute atomic E-state index is 0.0452. The molecular weight excluding hydrogens is 342 g/mol. The average Bonchev–Trinajstić information content (AvgIpc) is 3.17. The fourth-order valence-corrected chi connectivity index (χ4v) is 4.27. The van der Waals surface area contributed by atoms with Crippen LogP contribution < -0.4 is 0 Å². The molecule has 2 aliphatic carbocycles. The lowest BCUT2D eigenvalue weighted by molar-refractivity contribution is -0.117. The summed E-state index contributed by atoms with van der Waals surface area (Å²) < 4.78 is 11.7. The van der Waals surface area contributed by atoms with Crippen molar-refractivity contribution >= 4 is 11.6 Å². The van der Waals surface area contributed by atoms with Crippen LogP contribution in [-0.4, -0.2) is 16.7 Å². The summed E-state index contributed by atoms with van der Waals surface area (Å²) in [5.74, 6) is 1.56. The number of allylic oxidation sites excluding steroid dienone is 4. The maximum Gasteiger partial charge on any atom is 0.163 e. The summed E-state index contributed by atoms with van der Waals surface area (Å²) in [6, 6.07) is 11.6. The zero-order chi connectivity index (χ0) is 18.4. The summed E-state index contributed by atoms with van der Waals surface area (Å²) in [7, 11) is 0. The minimum atomic E-state index is -0.491. The van der Waals surface area contributed by atoms with Crippen molar-refractivity contribution in [2.45, 2.75) is 44.4 Å². The second-order valence-electron chi connectivity index (χ2n) is 7.24. The SMILES string of the molecule is O=C1CCCC2=C1C(c1cc(-c3ccccc3)no1)C1=C(CCCC1=O)O2. The van der Waals surface area contributed by atoms with Gasteiger partial charge in [-0.2, -0.15) is 0 Å². The standard InChI is InChI=1S/C22H19NO4/c24-15-8-4-10-17-20(15)22(21-16(25)9-5-11-18(21)26-17)19-12-14(23-27-19)13-6-2-1-3-7-13/h1-3,6-7,12,22H,4-5,8-11H2. The van der Waals surface area contributed by atoms with E-state index in [4.69, 9.17) is 9.26 Å². The van der Waals surface area contributed by atoms with Gasteiger partial charge >= 0.3 is 0 Å². The number of benzene rings is 1. The first kappa shape index (κ1) is 16.2. The molecule has 0 saturated heterocycles. The van der Waals surface area contributed by atoms with Gasteiger partial charge in [0.2, 0.25) is 0 Å². The van der Waals surface area contributed by atoms with Crippen LogP contribution in [0.15, 0.2) is 63.6 Å². The lowest BCUT2D eigenvalue weighted by Gasteiger charge is -2.34. The highest BCUT2D eigenvalue weighted by Crippen LogP contribution is 2.48. The minimum Gasteiger partial charge on any atom is -0.465 e. The number of carbonyl (C=O) groups is 2. The number of hydrogen-bond donors (Lipinski definition) is 0. The van der Waals surface area contributed by atoms with E-state index in [1.165, 1.54) is 0 Å². The first-order chi connectivity index (χ1) is 13.2. The van der Waals surface area contributed by atoms with E-state index in [0.29, 0.717) is 47.0 Å². The van der Waals surface area contributed by atoms with Crippen molar-refractivity contribution < 1.29 is 18.8 Å². The monoisotopic (exact) mass is 361 g/mol. The molecule has 3 aliphatic rings. The molecule has 1 aromatic carbocycles. The van der Waals surface area contributed by atoms with Crippen molar-refractivity contribution in [3.8, 4) is 11.3 Å². The number of aromatic nitrogens is 1. The molecule has 5 rings (SSSR count). The Hall–Kier alpha value is -2.95. The molecule has 0 radical (unpaired) electrons. The van der Waals surface area contributed by atoms with Crippen LogP contribution in [0.1, 0.15) is 50.2 Å². The van der Waals surface area contributed by atoms with Gasteiger partial charge in [-0.15, -0.1) is 0 Å². The van der Waals surface area contributed by atoms with Crippen LogP contribution in [0.5, 0.6) is 0 Å². The highest BCUT2D eigenvalue weighted by molar-refractivity contribution is 6.05. The van der Waals surface area contributed by atoms with Crippen LogP contribution >= 0.6 is 0 Å². The predicted octanol–water partition coefficient (Wildman–Crippen LogP) is 4.47. The van der Waals surface area contributed by atoms with Gasteiger partial charge in [-0.25, -0.2) is 0 Å². The summed E-state index contributed by atoms with van der Waals surface area (Å²) in [6.45, 7) is 0. The maximum atomic E-state index is 12.7. The molecule has 0 atom stereocenters. The number of nitrogens with zero attached hydrogens (tertiary/aromatic N) is 1. The van der Waals surface area contributed by atoms with E-state index in [1.807, 2.05) is 36.4 Å². The number of carbonyl (C=O) groups excluding carboxylic acids is 2. The van der Waals surface area contributed by atoms with E-state index in [2.05, 4.69) is 5.16 Å². The lowest BCUT2D eigenvalue weighted by Crippen LogP contribution is -2.30. The molecule has 2 heterocycles. The highest BCUT2D eigenvalue weighted by Gasteiger charge is 2.43. The van der Waals surface area contributed by atoms with Crippen LogP contribution in [-0.2, 0) is 14.3 Å². The molecule has 136 valence electrons. The van der Waals surface area contributed by atoms with Gasteiger partial charge in [-0.05, 0) is 12.8 Å². The number of hydrogen-bond acceptors (Lipinski definition) is 5. The maximum absolute atomic E-state index is 12.7. The van der Waals surface area contributed by atoms with Gasteiger partial charge in [-0.1, -0.05) is 35.5 Å². The van der Waals surface area contributed by atoms with Crippen LogP contribution in [0, 0.1) is 0 Å². The number of ether oxygens (including phenoxy) is 1. The summed E-state index contributed by atoms with van der Waals surface area (Å²) >= 11 is 0. The molecule has 2 aromatic rings. The Morgan fingerprint density at radius 2 is 1.48 bits per heavy atom. The van der Waals surface area contributed by atoms with Crippen molar-refractivity contribution in [1.82, 2.24) is 5.16 Å². The summed E-state index contributed by atoms with van der Waals surface area (Å²) in [5, 5.41) is 4.20. The third-order valence-electron chi connectivity index (χ3n) is 5.52. The van der Waals surface area contributed by atoms with E-state index >= 15 is 0 Å². The molecule has 0 unspecified atom stereocenters. The molecule has 0 fully saturated rings. The highest BCUT2D eigenvalue weighted by atomic mass is 16.5. The van der Waals surface area contributed by atoms with Crippen LogP contribution in [0.2, 0.25) is 0 Å². The number of Topliss-reactive ketones (excluding diaryl/α,β-unsaturated/α-hetero) is 2. The van der Waals surface area contributed by atoms with Gasteiger partial charge in [-0.3, -0.25) is 9.59 Å². The fourth-order valence-electron chi connectivity index (χ4n) is 4.27. The lowest BCUT2D eigenvalue weighted by atomic mass is 9.75. The second kappa shape index (κ2) is 6.34. The molecule has 0 saturated carbocycles. The summed E-state index contributed by atoms with van der Waals surface area (Å²) in [6.07, 6.45) is 3.98. The summed E-state index contributed by atoms with van der Waals surface area (Å²) in [4.78, 5) is 25.5. The molecule has 1 aromatic heterocycles. The van der Waals surface area contributed by atoms with Crippen molar-refractivity contribution in [3.63, 3.8) is 0 Å². The first-order valence-corrected chi connectivity index (χ1v) is 9.45. The molecule has 0 N–H and O–H groups in total. The Balaban J connectivity index is 1.64. The van der Waals surface area contributed by atoms with Crippen molar-refractivity contribution in [1.29, 1.82) is 0 Å².